The fraction of sp³-hybridized carbons (Fsp3) is 0.280. The second-order valence-corrected chi connectivity index (χ2v) is 11.6. The lowest BCUT2D eigenvalue weighted by Gasteiger charge is -2.14. The molecule has 2 N–H and O–H groups in total. The largest absolute Gasteiger partial charge is 0.497 e. The van der Waals surface area contributed by atoms with Crippen molar-refractivity contribution >= 4 is 51.8 Å². The van der Waals surface area contributed by atoms with Crippen LogP contribution in [0, 0.1) is 0 Å². The van der Waals surface area contributed by atoms with Gasteiger partial charge in [0.15, 0.2) is 15.3 Å². The van der Waals surface area contributed by atoms with E-state index in [0.29, 0.717) is 21.0 Å². The number of hydrogen-bond acceptors (Lipinski definition) is 11. The van der Waals surface area contributed by atoms with Gasteiger partial charge in [-0.15, -0.1) is 20.4 Å². The molecule has 4 aromatic rings. The zero-order chi connectivity index (χ0) is 30.3. The third-order valence-corrected chi connectivity index (χ3v) is 8.19. The average molecular weight is 640 g/mol. The van der Waals surface area contributed by atoms with Crippen molar-refractivity contribution in [1.29, 1.82) is 0 Å². The molecule has 222 valence electrons. The van der Waals surface area contributed by atoms with Crippen molar-refractivity contribution in [1.82, 2.24) is 30.3 Å². The molecule has 2 aromatic heterocycles. The number of ether oxygens (including phenoxy) is 2. The summed E-state index contributed by atoms with van der Waals surface area (Å²) in [5.41, 5.74) is -0.534. The Kier molecular flexibility index (Phi) is 10.3. The topological polar surface area (TPSA) is 133 Å². The first-order chi connectivity index (χ1) is 20.1. The molecule has 0 saturated carbocycles. The molecule has 2 amide bonds. The molecule has 0 spiro atoms. The van der Waals surface area contributed by atoms with Gasteiger partial charge in [0.2, 0.25) is 11.0 Å². The number of aromatic nitrogens is 5. The van der Waals surface area contributed by atoms with Gasteiger partial charge in [-0.2, -0.15) is 13.2 Å². The molecule has 0 aliphatic heterocycles. The summed E-state index contributed by atoms with van der Waals surface area (Å²) >= 11 is 3.69. The van der Waals surface area contributed by atoms with Gasteiger partial charge < -0.3 is 14.8 Å². The number of nitrogens with zero attached hydrogens (tertiary/aromatic N) is 5. The molecule has 17 heteroatoms. The highest BCUT2D eigenvalue weighted by Gasteiger charge is 2.31. The van der Waals surface area contributed by atoms with Gasteiger partial charge in [0.1, 0.15) is 11.5 Å². The smallest absolute Gasteiger partial charge is 0.416 e. The Morgan fingerprint density at radius 1 is 1.00 bits per heavy atom. The van der Waals surface area contributed by atoms with Gasteiger partial charge in [-0.05, 0) is 36.1 Å². The van der Waals surface area contributed by atoms with Crippen LogP contribution in [-0.2, 0) is 17.5 Å². The number of carbonyl (C=O) groups excluding carboxylic acids is 2. The van der Waals surface area contributed by atoms with Gasteiger partial charge in [-0.3, -0.25) is 19.5 Å². The summed E-state index contributed by atoms with van der Waals surface area (Å²) in [7, 11) is 2.90. The number of benzene rings is 2. The molecule has 0 bridgehead atoms. The maximum absolute atomic E-state index is 13.5. The lowest BCUT2D eigenvalue weighted by molar-refractivity contribution is -0.137. The maximum atomic E-state index is 13.5. The average Bonchev–Trinajstić information content (AvgIpc) is 3.60. The van der Waals surface area contributed by atoms with Crippen molar-refractivity contribution in [3.8, 4) is 17.2 Å². The van der Waals surface area contributed by atoms with Crippen LogP contribution in [0.4, 0.5) is 18.3 Å². The Morgan fingerprint density at radius 2 is 1.74 bits per heavy atom. The van der Waals surface area contributed by atoms with E-state index in [9.17, 15) is 22.8 Å². The zero-order valence-electron chi connectivity index (χ0n) is 22.4. The Balaban J connectivity index is 1.56. The molecule has 0 atom stereocenters. The standard InChI is InChI=1S/C25H24F3N7O4S3/c1-4-40-24-34-32-22(42-24)30-20(36)13-41-23-33-31-19(35(23)16-7-5-6-15(10-16)25(26,27)28)12-29-21(37)14-8-17(38-2)11-18(9-14)39-3/h5-11H,4,12-13H2,1-3H3,(H,29,37)(H,30,32,36). The lowest BCUT2D eigenvalue weighted by atomic mass is 10.2. The molecular weight excluding hydrogens is 616 g/mol. The molecule has 0 saturated heterocycles. The summed E-state index contributed by atoms with van der Waals surface area (Å²) in [4.78, 5) is 25.5. The highest BCUT2D eigenvalue weighted by atomic mass is 32.2. The monoisotopic (exact) mass is 639 g/mol. The zero-order valence-corrected chi connectivity index (χ0v) is 24.8. The van der Waals surface area contributed by atoms with Crippen LogP contribution in [0.15, 0.2) is 52.0 Å². The second kappa shape index (κ2) is 13.9. The van der Waals surface area contributed by atoms with Crippen LogP contribution in [0.3, 0.4) is 0 Å². The molecule has 0 fully saturated rings. The predicted octanol–water partition coefficient (Wildman–Crippen LogP) is 4.93. The third-order valence-electron chi connectivity index (χ3n) is 5.41. The Morgan fingerprint density at radius 3 is 2.40 bits per heavy atom. The minimum Gasteiger partial charge on any atom is -0.497 e. The molecule has 2 heterocycles. The summed E-state index contributed by atoms with van der Waals surface area (Å²) in [6.07, 6.45) is -4.59. The van der Waals surface area contributed by atoms with Gasteiger partial charge in [0, 0.05) is 11.6 Å². The van der Waals surface area contributed by atoms with Crippen molar-refractivity contribution in [3.05, 3.63) is 59.4 Å². The Bertz CT molecular complexity index is 1540. The molecule has 42 heavy (non-hydrogen) atoms. The summed E-state index contributed by atoms with van der Waals surface area (Å²) in [6.45, 7) is 1.79. The van der Waals surface area contributed by atoms with Gasteiger partial charge in [0.25, 0.3) is 5.91 Å². The van der Waals surface area contributed by atoms with Gasteiger partial charge in [-0.1, -0.05) is 47.9 Å². The van der Waals surface area contributed by atoms with E-state index in [-0.39, 0.29) is 34.5 Å². The quantitative estimate of drug-likeness (QED) is 0.162. The molecule has 0 unspecified atom stereocenters. The van der Waals surface area contributed by atoms with E-state index in [0.717, 1.165) is 29.6 Å². The second-order valence-electron chi connectivity index (χ2n) is 8.21. The van der Waals surface area contributed by atoms with E-state index in [2.05, 4.69) is 31.0 Å². The first-order valence-corrected chi connectivity index (χ1v) is 14.9. The summed E-state index contributed by atoms with van der Waals surface area (Å²) in [5, 5.41) is 21.9. The highest BCUT2D eigenvalue weighted by molar-refractivity contribution is 8.01. The van der Waals surface area contributed by atoms with Crippen LogP contribution in [-0.4, -0.2) is 62.5 Å². The minimum absolute atomic E-state index is 0.107. The molecule has 0 aliphatic carbocycles. The van der Waals surface area contributed by atoms with Crippen LogP contribution in [0.1, 0.15) is 28.7 Å². The number of carbonyl (C=O) groups is 2. The normalized spacial score (nSPS) is 11.3. The molecule has 0 radical (unpaired) electrons. The molecular formula is C25H24F3N7O4S3. The van der Waals surface area contributed by atoms with E-state index in [4.69, 9.17) is 9.47 Å². The Hall–Kier alpha value is -3.83. The van der Waals surface area contributed by atoms with Crippen LogP contribution >= 0.6 is 34.9 Å². The first kappa shape index (κ1) is 31.1. The number of thioether (sulfide) groups is 2. The molecule has 2 aromatic carbocycles. The SMILES string of the molecule is CCSc1nnc(NC(=O)CSc2nnc(CNC(=O)c3cc(OC)cc(OC)c3)n2-c2cccc(C(F)(F)F)c2)s1. The van der Waals surface area contributed by atoms with Crippen molar-refractivity contribution in [2.24, 2.45) is 0 Å². The van der Waals surface area contributed by atoms with E-state index >= 15 is 0 Å². The molecule has 11 nitrogen and oxygen atoms in total. The van der Waals surface area contributed by atoms with Crippen LogP contribution in [0.25, 0.3) is 5.69 Å². The summed E-state index contributed by atoms with van der Waals surface area (Å²) < 4.78 is 53.0. The third kappa shape index (κ3) is 7.92. The number of alkyl halides is 3. The fourth-order valence-electron chi connectivity index (χ4n) is 3.52. The van der Waals surface area contributed by atoms with E-state index < -0.39 is 23.6 Å². The number of nitrogens with one attached hydrogen (secondary N) is 2. The summed E-state index contributed by atoms with van der Waals surface area (Å²) in [6, 6.07) is 9.22. The van der Waals surface area contributed by atoms with Crippen LogP contribution in [0.2, 0.25) is 0 Å². The Labute approximate surface area is 250 Å². The van der Waals surface area contributed by atoms with Crippen molar-refractivity contribution in [2.75, 3.05) is 31.0 Å². The van der Waals surface area contributed by atoms with Crippen molar-refractivity contribution < 1.29 is 32.2 Å². The van der Waals surface area contributed by atoms with E-state index in [1.54, 1.807) is 6.07 Å². The highest BCUT2D eigenvalue weighted by Crippen LogP contribution is 2.32. The minimum atomic E-state index is -4.59. The molecule has 4 rings (SSSR count). The molecule has 0 aliphatic rings. The number of rotatable bonds is 12. The van der Waals surface area contributed by atoms with Crippen molar-refractivity contribution in [2.45, 2.75) is 29.1 Å². The van der Waals surface area contributed by atoms with Gasteiger partial charge in [-0.25, -0.2) is 0 Å². The number of anilines is 1. The number of halogens is 3. The van der Waals surface area contributed by atoms with Crippen molar-refractivity contribution in [3.63, 3.8) is 0 Å². The number of hydrogen-bond donors (Lipinski definition) is 2. The van der Waals surface area contributed by atoms with E-state index in [1.807, 2.05) is 6.92 Å². The van der Waals surface area contributed by atoms with E-state index in [1.165, 1.54) is 66.2 Å². The number of methoxy groups -OCH3 is 2. The van der Waals surface area contributed by atoms with Crippen LogP contribution < -0.4 is 20.1 Å². The van der Waals surface area contributed by atoms with Crippen LogP contribution in [0.5, 0.6) is 11.5 Å². The summed E-state index contributed by atoms with van der Waals surface area (Å²) in [5.74, 6) is 0.700. The first-order valence-electron chi connectivity index (χ1n) is 12.1. The number of amides is 2. The fourth-order valence-corrected chi connectivity index (χ4v) is 5.95. The predicted molar refractivity (Wildman–Crippen MR) is 153 cm³/mol. The van der Waals surface area contributed by atoms with Gasteiger partial charge >= 0.3 is 6.18 Å². The maximum Gasteiger partial charge on any atom is 0.416 e. The van der Waals surface area contributed by atoms with Gasteiger partial charge in [0.05, 0.1) is 37.8 Å². The lowest BCUT2D eigenvalue weighted by Crippen LogP contribution is -2.25.